The quantitative estimate of drug-likeness (QED) is 0.640. The summed E-state index contributed by atoms with van der Waals surface area (Å²) >= 11 is 0. The van der Waals surface area contributed by atoms with Gasteiger partial charge < -0.3 is 5.32 Å². The van der Waals surface area contributed by atoms with Crippen molar-refractivity contribution in [1.82, 2.24) is 5.32 Å². The van der Waals surface area contributed by atoms with Crippen LogP contribution in [-0.2, 0) is 0 Å². The molecule has 0 spiro atoms. The predicted octanol–water partition coefficient (Wildman–Crippen LogP) is 2.03. The van der Waals surface area contributed by atoms with Gasteiger partial charge in [0.05, 0.1) is 0 Å². The Morgan fingerprint density at radius 2 is 1.64 bits per heavy atom. The molecule has 2 unspecified atom stereocenters. The number of hydrogen-bond acceptors (Lipinski definition) is 1. The Balaban J connectivity index is 1.95. The molecule has 0 amide bonds. The molecule has 0 aromatic carbocycles. The zero-order chi connectivity index (χ0) is 8.06. The maximum atomic E-state index is 3.42. The summed E-state index contributed by atoms with van der Waals surface area (Å²) in [6, 6.07) is 0. The molecule has 1 heteroatoms. The Kier molecular flexibility index (Phi) is 1.54. The van der Waals surface area contributed by atoms with E-state index in [0.717, 1.165) is 17.8 Å². The SMILES string of the molecule is CNC(C)(C)C1CC2CC2C1. The number of rotatable bonds is 2. The molecule has 0 aliphatic heterocycles. The standard InChI is InChI=1S/C10H19N/c1-10(2,11-3)9-5-7-4-8(7)6-9/h7-9,11H,4-6H2,1-3H3. The molecule has 0 heterocycles. The van der Waals surface area contributed by atoms with Crippen molar-refractivity contribution in [2.75, 3.05) is 7.05 Å². The Labute approximate surface area is 69.6 Å². The van der Waals surface area contributed by atoms with Crippen molar-refractivity contribution in [2.24, 2.45) is 17.8 Å². The minimum atomic E-state index is 0.382. The average Bonchev–Trinajstić information content (AvgIpc) is 2.59. The largest absolute Gasteiger partial charge is 0.315 e. The molecule has 11 heavy (non-hydrogen) atoms. The van der Waals surface area contributed by atoms with Crippen LogP contribution in [0, 0.1) is 17.8 Å². The molecule has 2 aliphatic rings. The molecule has 0 radical (unpaired) electrons. The molecular formula is C10H19N. The second-order valence-electron chi connectivity index (χ2n) is 4.90. The Morgan fingerprint density at radius 1 is 1.09 bits per heavy atom. The Morgan fingerprint density at radius 3 is 2.09 bits per heavy atom. The van der Waals surface area contributed by atoms with Crippen molar-refractivity contribution < 1.29 is 0 Å². The summed E-state index contributed by atoms with van der Waals surface area (Å²) in [6.07, 6.45) is 4.51. The zero-order valence-corrected chi connectivity index (χ0v) is 7.85. The molecule has 2 aliphatic carbocycles. The van der Waals surface area contributed by atoms with E-state index in [0.29, 0.717) is 5.54 Å². The molecule has 2 fully saturated rings. The average molecular weight is 153 g/mol. The van der Waals surface area contributed by atoms with Crippen molar-refractivity contribution >= 4 is 0 Å². The van der Waals surface area contributed by atoms with E-state index in [2.05, 4.69) is 26.2 Å². The monoisotopic (exact) mass is 153 g/mol. The van der Waals surface area contributed by atoms with Gasteiger partial charge in [0.1, 0.15) is 0 Å². The van der Waals surface area contributed by atoms with Crippen molar-refractivity contribution in [3.05, 3.63) is 0 Å². The molecule has 0 bridgehead atoms. The van der Waals surface area contributed by atoms with Gasteiger partial charge in [0.2, 0.25) is 0 Å². The summed E-state index contributed by atoms with van der Waals surface area (Å²) in [5, 5.41) is 3.42. The summed E-state index contributed by atoms with van der Waals surface area (Å²) in [5.74, 6) is 3.18. The van der Waals surface area contributed by atoms with E-state index in [-0.39, 0.29) is 0 Å². The van der Waals surface area contributed by atoms with Gasteiger partial charge in [0, 0.05) is 5.54 Å². The lowest BCUT2D eigenvalue weighted by atomic mass is 9.84. The zero-order valence-electron chi connectivity index (χ0n) is 7.85. The summed E-state index contributed by atoms with van der Waals surface area (Å²) in [6.45, 7) is 4.67. The molecule has 64 valence electrons. The van der Waals surface area contributed by atoms with Gasteiger partial charge in [-0.1, -0.05) is 0 Å². The highest BCUT2D eigenvalue weighted by Crippen LogP contribution is 2.56. The van der Waals surface area contributed by atoms with Crippen LogP contribution in [-0.4, -0.2) is 12.6 Å². The van der Waals surface area contributed by atoms with Gasteiger partial charge in [-0.3, -0.25) is 0 Å². The molecule has 2 rings (SSSR count). The van der Waals surface area contributed by atoms with Gasteiger partial charge in [-0.15, -0.1) is 0 Å². The van der Waals surface area contributed by atoms with E-state index in [9.17, 15) is 0 Å². The third-order valence-electron chi connectivity index (χ3n) is 3.91. The maximum Gasteiger partial charge on any atom is 0.0150 e. The second kappa shape index (κ2) is 2.22. The smallest absolute Gasteiger partial charge is 0.0150 e. The van der Waals surface area contributed by atoms with Crippen molar-refractivity contribution in [3.8, 4) is 0 Å². The fourth-order valence-corrected chi connectivity index (χ4v) is 2.51. The van der Waals surface area contributed by atoms with E-state index < -0.39 is 0 Å². The lowest BCUT2D eigenvalue weighted by Gasteiger charge is -2.32. The van der Waals surface area contributed by atoms with Crippen LogP contribution in [0.3, 0.4) is 0 Å². The summed E-state index contributed by atoms with van der Waals surface area (Å²) < 4.78 is 0. The fourth-order valence-electron chi connectivity index (χ4n) is 2.51. The number of hydrogen-bond donors (Lipinski definition) is 1. The predicted molar refractivity (Wildman–Crippen MR) is 47.5 cm³/mol. The third-order valence-corrected chi connectivity index (χ3v) is 3.91. The lowest BCUT2D eigenvalue weighted by Crippen LogP contribution is -2.43. The molecule has 1 N–H and O–H groups in total. The minimum absolute atomic E-state index is 0.382. The molecule has 1 nitrogen and oxygen atoms in total. The second-order valence-corrected chi connectivity index (χ2v) is 4.90. The minimum Gasteiger partial charge on any atom is -0.315 e. The molecule has 0 saturated heterocycles. The first-order valence-corrected chi connectivity index (χ1v) is 4.82. The van der Waals surface area contributed by atoms with Crippen LogP contribution < -0.4 is 5.32 Å². The first-order chi connectivity index (χ1) is 5.13. The highest BCUT2D eigenvalue weighted by molar-refractivity contribution is 5.02. The Hall–Kier alpha value is -0.0400. The van der Waals surface area contributed by atoms with Crippen LogP contribution >= 0.6 is 0 Å². The van der Waals surface area contributed by atoms with E-state index >= 15 is 0 Å². The normalized spacial score (nSPS) is 42.3. The summed E-state index contributed by atoms with van der Waals surface area (Å²) in [4.78, 5) is 0. The van der Waals surface area contributed by atoms with Crippen LogP contribution in [0.2, 0.25) is 0 Å². The van der Waals surface area contributed by atoms with Crippen molar-refractivity contribution in [1.29, 1.82) is 0 Å². The summed E-state index contributed by atoms with van der Waals surface area (Å²) in [7, 11) is 2.09. The number of nitrogens with one attached hydrogen (secondary N) is 1. The lowest BCUT2D eigenvalue weighted by molar-refractivity contribution is 0.255. The molecule has 2 saturated carbocycles. The molecule has 0 aromatic rings. The van der Waals surface area contributed by atoms with Gasteiger partial charge in [0.25, 0.3) is 0 Å². The Bertz CT molecular complexity index is 152. The van der Waals surface area contributed by atoms with Gasteiger partial charge in [0.15, 0.2) is 0 Å². The van der Waals surface area contributed by atoms with Gasteiger partial charge >= 0.3 is 0 Å². The first kappa shape index (κ1) is 7.60. The van der Waals surface area contributed by atoms with Crippen molar-refractivity contribution in [3.63, 3.8) is 0 Å². The maximum absolute atomic E-state index is 3.42. The molecule has 0 aromatic heterocycles. The van der Waals surface area contributed by atoms with Crippen LogP contribution in [0.4, 0.5) is 0 Å². The van der Waals surface area contributed by atoms with Crippen LogP contribution in [0.1, 0.15) is 33.1 Å². The first-order valence-electron chi connectivity index (χ1n) is 4.82. The topological polar surface area (TPSA) is 12.0 Å². The van der Waals surface area contributed by atoms with E-state index in [1.807, 2.05) is 0 Å². The van der Waals surface area contributed by atoms with Gasteiger partial charge in [-0.25, -0.2) is 0 Å². The van der Waals surface area contributed by atoms with Crippen LogP contribution in [0.25, 0.3) is 0 Å². The highest BCUT2D eigenvalue weighted by Gasteiger charge is 2.49. The van der Waals surface area contributed by atoms with Crippen LogP contribution in [0.5, 0.6) is 0 Å². The van der Waals surface area contributed by atoms with E-state index in [1.165, 1.54) is 19.3 Å². The van der Waals surface area contributed by atoms with E-state index in [4.69, 9.17) is 0 Å². The number of fused-ring (bicyclic) bond motifs is 1. The van der Waals surface area contributed by atoms with Crippen molar-refractivity contribution in [2.45, 2.75) is 38.6 Å². The third kappa shape index (κ3) is 1.20. The highest BCUT2D eigenvalue weighted by atomic mass is 14.9. The van der Waals surface area contributed by atoms with Crippen LogP contribution in [0.15, 0.2) is 0 Å². The fraction of sp³-hybridized carbons (Fsp3) is 1.00. The van der Waals surface area contributed by atoms with Gasteiger partial charge in [-0.2, -0.15) is 0 Å². The molecule has 2 atom stereocenters. The van der Waals surface area contributed by atoms with E-state index in [1.54, 1.807) is 0 Å². The summed E-state index contributed by atoms with van der Waals surface area (Å²) in [5.41, 5.74) is 0.382. The molecular weight excluding hydrogens is 134 g/mol. The van der Waals surface area contributed by atoms with Gasteiger partial charge in [-0.05, 0) is 57.9 Å².